The zero-order valence-corrected chi connectivity index (χ0v) is 17.6. The van der Waals surface area contributed by atoms with Crippen molar-refractivity contribution in [2.24, 2.45) is 0 Å². The molecule has 0 bridgehead atoms. The summed E-state index contributed by atoms with van der Waals surface area (Å²) in [7, 11) is 0. The fourth-order valence-electron chi connectivity index (χ4n) is 2.73. The van der Waals surface area contributed by atoms with E-state index < -0.39 is 23.4 Å². The topological polar surface area (TPSA) is 83.3 Å². The van der Waals surface area contributed by atoms with E-state index in [1.807, 2.05) is 19.9 Å². The average Bonchev–Trinajstić information content (AvgIpc) is 2.99. The van der Waals surface area contributed by atoms with Crippen LogP contribution in [0, 0.1) is 17.1 Å². The maximum atomic E-state index is 14.3. The van der Waals surface area contributed by atoms with Crippen molar-refractivity contribution in [1.29, 1.82) is 5.26 Å². The van der Waals surface area contributed by atoms with E-state index in [2.05, 4.69) is 4.98 Å². The van der Waals surface area contributed by atoms with Crippen LogP contribution < -0.4 is 0 Å². The van der Waals surface area contributed by atoms with E-state index in [0.29, 0.717) is 0 Å². The van der Waals surface area contributed by atoms with Gasteiger partial charge in [-0.1, -0.05) is 31.5 Å². The van der Waals surface area contributed by atoms with E-state index >= 15 is 0 Å². The van der Waals surface area contributed by atoms with Gasteiger partial charge in [-0.25, -0.2) is 19.1 Å². The standard InChI is InChI=1S/C19H15ClFN3O3.C2H6/c1-19(2,3)27-18(26)24-9-14-16(17(24)25)11(20)7-13(23-14)15-10(8-22)5-4-6-12(15)21;1-2/h4-7H,9H2,1-3H3;1-2H3. The summed E-state index contributed by atoms with van der Waals surface area (Å²) in [6, 6.07) is 7.30. The second-order valence-electron chi connectivity index (χ2n) is 6.96. The Bertz CT molecular complexity index is 1010. The van der Waals surface area contributed by atoms with E-state index in [9.17, 15) is 19.2 Å². The van der Waals surface area contributed by atoms with Crippen molar-refractivity contribution in [2.45, 2.75) is 46.8 Å². The van der Waals surface area contributed by atoms with Crippen LogP contribution in [0.2, 0.25) is 5.02 Å². The number of amides is 2. The molecule has 0 unspecified atom stereocenters. The molecule has 0 N–H and O–H groups in total. The molecule has 0 fully saturated rings. The molecule has 0 aliphatic carbocycles. The Morgan fingerprint density at radius 3 is 2.55 bits per heavy atom. The molecule has 0 saturated carbocycles. The Kier molecular flexibility index (Phi) is 6.60. The fourth-order valence-corrected chi connectivity index (χ4v) is 3.02. The molecule has 0 saturated heterocycles. The van der Waals surface area contributed by atoms with Gasteiger partial charge < -0.3 is 4.74 Å². The number of nitriles is 1. The normalized spacial score (nSPS) is 12.6. The molecular formula is C21H21ClFN3O3. The Morgan fingerprint density at radius 1 is 1.31 bits per heavy atom. The Morgan fingerprint density at radius 2 is 1.97 bits per heavy atom. The van der Waals surface area contributed by atoms with Crippen molar-refractivity contribution in [2.75, 3.05) is 0 Å². The molecule has 1 aromatic heterocycles. The van der Waals surface area contributed by atoms with Crippen LogP contribution >= 0.6 is 11.6 Å². The third-order valence-corrected chi connectivity index (χ3v) is 4.12. The first kappa shape index (κ1) is 22.3. The minimum Gasteiger partial charge on any atom is -0.443 e. The Labute approximate surface area is 173 Å². The van der Waals surface area contributed by atoms with Crippen LogP contribution in [0.5, 0.6) is 0 Å². The number of fused-ring (bicyclic) bond motifs is 1. The number of imide groups is 1. The number of pyridine rings is 1. The van der Waals surface area contributed by atoms with E-state index in [0.717, 1.165) is 4.90 Å². The van der Waals surface area contributed by atoms with Gasteiger partial charge in [-0.3, -0.25) is 4.79 Å². The summed E-state index contributed by atoms with van der Waals surface area (Å²) in [4.78, 5) is 30.0. The third-order valence-electron chi connectivity index (χ3n) is 3.82. The van der Waals surface area contributed by atoms with Gasteiger partial charge in [0, 0.05) is 0 Å². The molecule has 2 aromatic rings. The number of nitrogens with zero attached hydrogens (tertiary/aromatic N) is 3. The monoisotopic (exact) mass is 417 g/mol. The van der Waals surface area contributed by atoms with Gasteiger partial charge in [0.25, 0.3) is 5.91 Å². The lowest BCUT2D eigenvalue weighted by molar-refractivity contribution is 0.0247. The number of benzene rings is 1. The molecule has 0 radical (unpaired) electrons. The molecule has 6 nitrogen and oxygen atoms in total. The number of hydrogen-bond donors (Lipinski definition) is 0. The summed E-state index contributed by atoms with van der Waals surface area (Å²) >= 11 is 6.23. The van der Waals surface area contributed by atoms with E-state index in [1.54, 1.807) is 20.8 Å². The number of ether oxygens (including phenoxy) is 1. The quantitative estimate of drug-likeness (QED) is 0.626. The predicted octanol–water partition coefficient (Wildman–Crippen LogP) is 5.33. The molecule has 0 atom stereocenters. The van der Waals surface area contributed by atoms with Gasteiger partial charge in [0.2, 0.25) is 0 Å². The average molecular weight is 418 g/mol. The minimum absolute atomic E-state index is 0.00660. The number of halogens is 2. The van der Waals surface area contributed by atoms with Crippen molar-refractivity contribution >= 4 is 23.6 Å². The van der Waals surface area contributed by atoms with Crippen LogP contribution in [-0.4, -0.2) is 27.5 Å². The van der Waals surface area contributed by atoms with Gasteiger partial charge in [-0.2, -0.15) is 5.26 Å². The second-order valence-corrected chi connectivity index (χ2v) is 7.36. The number of carbonyl (C=O) groups excluding carboxylic acids is 2. The number of rotatable bonds is 1. The van der Waals surface area contributed by atoms with Crippen molar-refractivity contribution in [1.82, 2.24) is 9.88 Å². The summed E-state index contributed by atoms with van der Waals surface area (Å²) < 4.78 is 19.5. The highest BCUT2D eigenvalue weighted by molar-refractivity contribution is 6.35. The zero-order chi connectivity index (χ0) is 21.9. The lowest BCUT2D eigenvalue weighted by Crippen LogP contribution is -2.36. The van der Waals surface area contributed by atoms with Gasteiger partial charge in [0.15, 0.2) is 0 Å². The maximum Gasteiger partial charge on any atom is 0.417 e. The van der Waals surface area contributed by atoms with Crippen LogP contribution in [0.1, 0.15) is 56.2 Å². The number of carbonyl (C=O) groups is 2. The molecular weight excluding hydrogens is 397 g/mol. The van der Waals surface area contributed by atoms with Gasteiger partial charge in [-0.15, -0.1) is 0 Å². The first-order valence-corrected chi connectivity index (χ1v) is 9.43. The summed E-state index contributed by atoms with van der Waals surface area (Å²) in [6.07, 6.45) is -0.813. The molecule has 2 heterocycles. The highest BCUT2D eigenvalue weighted by atomic mass is 35.5. The third kappa shape index (κ3) is 4.54. The first-order chi connectivity index (χ1) is 13.6. The predicted molar refractivity (Wildman–Crippen MR) is 107 cm³/mol. The largest absolute Gasteiger partial charge is 0.443 e. The van der Waals surface area contributed by atoms with E-state index in [1.165, 1.54) is 24.3 Å². The van der Waals surface area contributed by atoms with Crippen LogP contribution in [0.3, 0.4) is 0 Å². The SMILES string of the molecule is CC.CC(C)(C)OC(=O)N1Cc2nc(-c3c(F)cccc3C#N)cc(Cl)c2C1=O. The van der Waals surface area contributed by atoms with Crippen molar-refractivity contribution in [3.63, 3.8) is 0 Å². The van der Waals surface area contributed by atoms with Gasteiger partial charge in [0.05, 0.1) is 45.7 Å². The van der Waals surface area contributed by atoms with Crippen LogP contribution in [-0.2, 0) is 11.3 Å². The summed E-state index contributed by atoms with van der Waals surface area (Å²) in [5.41, 5.74) is -0.280. The number of hydrogen-bond acceptors (Lipinski definition) is 5. The van der Waals surface area contributed by atoms with Gasteiger partial charge in [0.1, 0.15) is 11.4 Å². The first-order valence-electron chi connectivity index (χ1n) is 9.05. The molecule has 8 heteroatoms. The zero-order valence-electron chi connectivity index (χ0n) is 16.8. The minimum atomic E-state index is -0.813. The lowest BCUT2D eigenvalue weighted by Gasteiger charge is -2.23. The summed E-state index contributed by atoms with van der Waals surface area (Å²) in [5.74, 6) is -1.26. The van der Waals surface area contributed by atoms with Gasteiger partial charge in [-0.05, 0) is 39.0 Å². The molecule has 1 aliphatic heterocycles. The Balaban J connectivity index is 0.00000145. The molecule has 29 heavy (non-hydrogen) atoms. The second kappa shape index (κ2) is 8.58. The molecule has 3 rings (SSSR count). The smallest absolute Gasteiger partial charge is 0.417 e. The van der Waals surface area contributed by atoms with Crippen molar-refractivity contribution in [3.8, 4) is 17.3 Å². The van der Waals surface area contributed by atoms with Crippen LogP contribution in [0.4, 0.5) is 9.18 Å². The lowest BCUT2D eigenvalue weighted by atomic mass is 10.0. The number of aromatic nitrogens is 1. The van der Waals surface area contributed by atoms with Crippen LogP contribution in [0.15, 0.2) is 24.3 Å². The highest BCUT2D eigenvalue weighted by Gasteiger charge is 2.38. The molecule has 2 amide bonds. The Hall–Kier alpha value is -2.98. The van der Waals surface area contributed by atoms with Crippen molar-refractivity contribution in [3.05, 3.63) is 51.9 Å². The molecule has 152 valence electrons. The maximum absolute atomic E-state index is 14.3. The highest BCUT2D eigenvalue weighted by Crippen LogP contribution is 2.34. The molecule has 0 spiro atoms. The van der Waals surface area contributed by atoms with E-state index in [4.69, 9.17) is 16.3 Å². The molecule has 1 aromatic carbocycles. The summed E-state index contributed by atoms with van der Waals surface area (Å²) in [6.45, 7) is 8.91. The summed E-state index contributed by atoms with van der Waals surface area (Å²) in [5, 5.41) is 9.26. The van der Waals surface area contributed by atoms with E-state index in [-0.39, 0.29) is 39.6 Å². The van der Waals surface area contributed by atoms with Crippen LogP contribution in [0.25, 0.3) is 11.3 Å². The molecule has 1 aliphatic rings. The fraction of sp³-hybridized carbons (Fsp3) is 0.333. The van der Waals surface area contributed by atoms with Crippen molar-refractivity contribution < 1.29 is 18.7 Å². The van der Waals surface area contributed by atoms with Gasteiger partial charge >= 0.3 is 6.09 Å².